The number of carbonyl (C=O) groups excluding carboxylic acids is 1. The summed E-state index contributed by atoms with van der Waals surface area (Å²) in [6.45, 7) is 5.09. The molecule has 1 amide bonds. The number of rotatable bonds is 8. The van der Waals surface area contributed by atoms with Gasteiger partial charge >= 0.3 is 0 Å². The minimum Gasteiger partial charge on any atom is -0.494 e. The average molecular weight is 493 g/mol. The molecular weight excluding hydrogens is 464 g/mol. The average Bonchev–Trinajstić information content (AvgIpc) is 3.46. The summed E-state index contributed by atoms with van der Waals surface area (Å²) >= 11 is 6.11. The number of hydrazine groups is 1. The zero-order chi connectivity index (χ0) is 24.4. The van der Waals surface area contributed by atoms with Crippen LogP contribution in [0.3, 0.4) is 0 Å². The molecular formula is C27H29ClN4O3. The number of amides is 1. The van der Waals surface area contributed by atoms with Crippen LogP contribution in [-0.2, 0) is 11.3 Å². The highest BCUT2D eigenvalue weighted by atomic mass is 35.5. The molecule has 0 saturated carbocycles. The number of fused-ring (bicyclic) bond motifs is 1. The van der Waals surface area contributed by atoms with Gasteiger partial charge in [0.15, 0.2) is 0 Å². The van der Waals surface area contributed by atoms with Crippen LogP contribution in [0.1, 0.15) is 49.2 Å². The zero-order valence-electron chi connectivity index (χ0n) is 19.9. The molecule has 0 spiro atoms. The quantitative estimate of drug-likeness (QED) is 0.412. The molecule has 8 heteroatoms. The Morgan fingerprint density at radius 2 is 2.03 bits per heavy atom. The first kappa shape index (κ1) is 23.5. The lowest BCUT2D eigenvalue weighted by Gasteiger charge is -2.31. The van der Waals surface area contributed by atoms with E-state index in [1.54, 1.807) is 11.1 Å². The Bertz CT molecular complexity index is 1220. The van der Waals surface area contributed by atoms with Gasteiger partial charge in [0.2, 0.25) is 5.89 Å². The third kappa shape index (κ3) is 5.06. The Balaban J connectivity index is 1.24. The molecule has 0 radical (unpaired) electrons. The molecule has 35 heavy (non-hydrogen) atoms. The van der Waals surface area contributed by atoms with Gasteiger partial charge in [0, 0.05) is 23.0 Å². The van der Waals surface area contributed by atoms with Gasteiger partial charge in [-0.25, -0.2) is 10.4 Å². The largest absolute Gasteiger partial charge is 0.494 e. The summed E-state index contributed by atoms with van der Waals surface area (Å²) in [4.78, 5) is 19.7. The molecule has 0 bridgehead atoms. The molecule has 1 aromatic heterocycles. The Morgan fingerprint density at radius 3 is 2.80 bits per heavy atom. The lowest BCUT2D eigenvalue weighted by atomic mass is 10.0. The number of aromatic nitrogens is 1. The van der Waals surface area contributed by atoms with Crippen molar-refractivity contribution in [2.45, 2.75) is 51.7 Å². The molecule has 2 aliphatic heterocycles. The van der Waals surface area contributed by atoms with Crippen LogP contribution in [-0.4, -0.2) is 33.4 Å². The van der Waals surface area contributed by atoms with Gasteiger partial charge in [-0.05, 0) is 55.7 Å². The summed E-state index contributed by atoms with van der Waals surface area (Å²) in [5.41, 5.74) is 6.12. The fraction of sp³-hybridized carbons (Fsp3) is 0.333. The number of hydrogen-bond donors (Lipinski definition) is 1. The van der Waals surface area contributed by atoms with Crippen LogP contribution < -0.4 is 10.2 Å². The zero-order valence-corrected chi connectivity index (χ0v) is 20.7. The van der Waals surface area contributed by atoms with Gasteiger partial charge in [-0.15, -0.1) is 0 Å². The van der Waals surface area contributed by atoms with E-state index >= 15 is 0 Å². The topological polar surface area (TPSA) is 70.8 Å². The van der Waals surface area contributed by atoms with E-state index in [-0.39, 0.29) is 18.0 Å². The van der Waals surface area contributed by atoms with E-state index < -0.39 is 0 Å². The number of nitrogens with zero attached hydrogens (tertiary/aromatic N) is 3. The number of unbranched alkanes of at least 4 members (excludes halogenated alkanes) is 1. The van der Waals surface area contributed by atoms with Crippen molar-refractivity contribution in [1.82, 2.24) is 20.3 Å². The Hall–Kier alpha value is -3.29. The predicted molar refractivity (Wildman–Crippen MR) is 134 cm³/mol. The van der Waals surface area contributed by atoms with Crippen molar-refractivity contribution in [2.75, 3.05) is 6.61 Å². The summed E-state index contributed by atoms with van der Waals surface area (Å²) < 4.78 is 11.6. The molecule has 2 aliphatic rings. The van der Waals surface area contributed by atoms with Gasteiger partial charge in [-0.3, -0.25) is 4.79 Å². The van der Waals surface area contributed by atoms with Gasteiger partial charge in [0.1, 0.15) is 23.2 Å². The second-order valence-corrected chi connectivity index (χ2v) is 9.34. The van der Waals surface area contributed by atoms with Crippen LogP contribution in [0, 0.1) is 6.92 Å². The lowest BCUT2D eigenvalue weighted by Crippen LogP contribution is -2.47. The van der Waals surface area contributed by atoms with Crippen molar-refractivity contribution in [1.29, 1.82) is 0 Å². The maximum Gasteiger partial charge on any atom is 0.251 e. The molecule has 5 rings (SSSR count). The van der Waals surface area contributed by atoms with E-state index in [0.29, 0.717) is 29.6 Å². The highest BCUT2D eigenvalue weighted by Gasteiger charge is 2.40. The van der Waals surface area contributed by atoms with Crippen LogP contribution in [0.4, 0.5) is 0 Å². The molecule has 3 aromatic rings. The minimum absolute atomic E-state index is 0.0359. The van der Waals surface area contributed by atoms with Crippen LogP contribution >= 0.6 is 11.6 Å². The molecule has 7 nitrogen and oxygen atoms in total. The summed E-state index contributed by atoms with van der Waals surface area (Å²) in [5, 5.41) is 2.53. The summed E-state index contributed by atoms with van der Waals surface area (Å²) in [5.74, 6) is 2.10. The highest BCUT2D eigenvalue weighted by Crippen LogP contribution is 2.32. The molecule has 1 fully saturated rings. The van der Waals surface area contributed by atoms with Crippen molar-refractivity contribution >= 4 is 17.5 Å². The summed E-state index contributed by atoms with van der Waals surface area (Å²) in [6.07, 6.45) is 6.55. The minimum atomic E-state index is -0.273. The third-order valence-electron chi connectivity index (χ3n) is 6.41. The summed E-state index contributed by atoms with van der Waals surface area (Å²) in [7, 11) is 0. The second-order valence-electron chi connectivity index (χ2n) is 8.91. The van der Waals surface area contributed by atoms with Gasteiger partial charge < -0.3 is 19.1 Å². The number of hydrogen-bond acceptors (Lipinski definition) is 6. The molecule has 182 valence electrons. The third-order valence-corrected chi connectivity index (χ3v) is 6.64. The number of halogens is 1. The molecule has 1 saturated heterocycles. The maximum atomic E-state index is 13.3. The normalized spacial score (nSPS) is 19.3. The van der Waals surface area contributed by atoms with E-state index in [2.05, 4.69) is 29.5 Å². The number of ether oxygens (including phenoxy) is 1. The van der Waals surface area contributed by atoms with Crippen molar-refractivity contribution in [3.8, 4) is 17.2 Å². The number of oxazole rings is 1. The van der Waals surface area contributed by atoms with Gasteiger partial charge in [-0.1, -0.05) is 43.1 Å². The number of aryl methyl sites for hydroxylation is 1. The molecule has 2 atom stereocenters. The Labute approximate surface area is 210 Å². The van der Waals surface area contributed by atoms with Crippen LogP contribution in [0.15, 0.2) is 65.3 Å². The van der Waals surface area contributed by atoms with Crippen molar-refractivity contribution in [2.24, 2.45) is 0 Å². The summed E-state index contributed by atoms with van der Waals surface area (Å²) in [6, 6.07) is 15.3. The van der Waals surface area contributed by atoms with E-state index in [1.165, 1.54) is 0 Å². The number of carbonyl (C=O) groups is 1. The number of benzene rings is 2. The molecule has 3 heterocycles. The molecule has 0 aliphatic carbocycles. The first-order valence-electron chi connectivity index (χ1n) is 12.0. The fourth-order valence-corrected chi connectivity index (χ4v) is 4.59. The molecule has 2 aromatic carbocycles. The van der Waals surface area contributed by atoms with Crippen molar-refractivity contribution in [3.63, 3.8) is 0 Å². The van der Waals surface area contributed by atoms with Crippen LogP contribution in [0.5, 0.6) is 5.75 Å². The fourth-order valence-electron chi connectivity index (χ4n) is 4.40. The number of nitrogens with one attached hydrogen (secondary N) is 1. The van der Waals surface area contributed by atoms with E-state index in [9.17, 15) is 4.79 Å². The van der Waals surface area contributed by atoms with Crippen LogP contribution in [0.2, 0.25) is 5.02 Å². The van der Waals surface area contributed by atoms with Crippen molar-refractivity contribution in [3.05, 3.63) is 83.0 Å². The molecule has 1 N–H and O–H groups in total. The van der Waals surface area contributed by atoms with E-state index in [1.807, 2.05) is 54.5 Å². The van der Waals surface area contributed by atoms with Crippen LogP contribution in [0.25, 0.3) is 11.5 Å². The first-order chi connectivity index (χ1) is 17.0. The maximum absolute atomic E-state index is 13.3. The van der Waals surface area contributed by atoms with Gasteiger partial charge in [0.05, 0.1) is 19.2 Å². The van der Waals surface area contributed by atoms with Gasteiger partial charge in [0.25, 0.3) is 5.91 Å². The Morgan fingerprint density at radius 1 is 1.20 bits per heavy atom. The Kier molecular flexibility index (Phi) is 6.79. The monoisotopic (exact) mass is 492 g/mol. The smallest absolute Gasteiger partial charge is 0.251 e. The van der Waals surface area contributed by atoms with E-state index in [4.69, 9.17) is 20.8 Å². The standard InChI is InChI=1S/C27H29ClN4O3/c1-3-4-14-34-22-10-8-19(9-11-22)23-16-25-27(33)31(12-13-32(25)30-23)17-24-18(2)35-26(29-24)20-6-5-7-21(28)15-20/h5-13,15,23,25,30H,3-4,14,16-17H2,1-2H3. The highest BCUT2D eigenvalue weighted by molar-refractivity contribution is 6.30. The van der Waals surface area contributed by atoms with Crippen molar-refractivity contribution < 1.29 is 13.9 Å². The van der Waals surface area contributed by atoms with Gasteiger partial charge in [-0.2, -0.15) is 0 Å². The predicted octanol–water partition coefficient (Wildman–Crippen LogP) is 5.62. The first-order valence-corrected chi connectivity index (χ1v) is 12.4. The SMILES string of the molecule is CCCCOc1ccc(C2CC3C(=O)N(Cc4nc(-c5cccc(Cl)c5)oc4C)C=CN3N2)cc1. The molecule has 2 unspecified atom stereocenters. The second kappa shape index (κ2) is 10.1. The van der Waals surface area contributed by atoms with E-state index in [0.717, 1.165) is 42.0 Å². The lowest BCUT2D eigenvalue weighted by molar-refractivity contribution is -0.135.